The monoisotopic (exact) mass is 1140 g/mol. The molecule has 3 aliphatic heterocycles. The third-order valence-electron chi connectivity index (χ3n) is 12.0. The van der Waals surface area contributed by atoms with Gasteiger partial charge in [0.25, 0.3) is 0 Å². The molecule has 428 valence electrons. The number of piperazine rings is 1. The molecule has 7 rings (SSSR count). The van der Waals surface area contributed by atoms with Gasteiger partial charge in [-0.1, -0.05) is 5.21 Å². The summed E-state index contributed by atoms with van der Waals surface area (Å²) in [6.45, 7) is 5.75. The lowest BCUT2D eigenvalue weighted by atomic mass is 10.1. The van der Waals surface area contributed by atoms with Gasteiger partial charge in [0.15, 0.2) is 23.5 Å². The Bertz CT molecular complexity index is 2530. The van der Waals surface area contributed by atoms with E-state index in [-0.39, 0.29) is 81.4 Å². The first-order valence-electron chi connectivity index (χ1n) is 24.6. The summed E-state index contributed by atoms with van der Waals surface area (Å²) < 4.78 is 114. The second-order valence-corrected chi connectivity index (χ2v) is 19.5. The van der Waals surface area contributed by atoms with Crippen molar-refractivity contribution in [2.75, 3.05) is 130 Å². The highest BCUT2D eigenvalue weighted by Crippen LogP contribution is 2.40. The van der Waals surface area contributed by atoms with Gasteiger partial charge in [0.05, 0.1) is 162 Å². The first-order chi connectivity index (χ1) is 37.1. The molecule has 0 aliphatic carbocycles. The fourth-order valence-corrected chi connectivity index (χ4v) is 8.90. The molecule has 3 fully saturated rings. The van der Waals surface area contributed by atoms with Gasteiger partial charge in [0.2, 0.25) is 16.9 Å². The maximum atomic E-state index is 13.6. The molecule has 77 heavy (non-hydrogen) atoms. The van der Waals surface area contributed by atoms with E-state index in [1.807, 2.05) is 4.90 Å². The van der Waals surface area contributed by atoms with Crippen LogP contribution in [0.2, 0.25) is 5.28 Å². The molecule has 1 amide bonds. The molecule has 2 bridgehead atoms. The molecule has 0 spiro atoms. The van der Waals surface area contributed by atoms with Crippen LogP contribution in [0.4, 0.5) is 19.0 Å². The van der Waals surface area contributed by atoms with Crippen LogP contribution in [0.15, 0.2) is 24.5 Å². The second kappa shape index (κ2) is 30.1. The van der Waals surface area contributed by atoms with Gasteiger partial charge in [-0.3, -0.25) is 14.2 Å². The van der Waals surface area contributed by atoms with Crippen LogP contribution < -0.4 is 9.64 Å². The minimum atomic E-state index is -4.45. The van der Waals surface area contributed by atoms with Crippen molar-refractivity contribution < 1.29 is 99.4 Å². The Kier molecular flexibility index (Phi) is 23.5. The summed E-state index contributed by atoms with van der Waals surface area (Å²) in [5, 5.41) is 34.3. The van der Waals surface area contributed by atoms with E-state index in [1.54, 1.807) is 10.9 Å². The first-order valence-corrected chi connectivity index (χ1v) is 26.8. The number of rotatable bonds is 36. The van der Waals surface area contributed by atoms with Crippen molar-refractivity contribution in [1.29, 1.82) is 0 Å². The summed E-state index contributed by atoms with van der Waals surface area (Å²) in [4.78, 5) is 55.8. The molecule has 0 saturated carbocycles. The van der Waals surface area contributed by atoms with E-state index >= 15 is 0 Å². The van der Waals surface area contributed by atoms with Crippen molar-refractivity contribution >= 4 is 47.9 Å². The summed E-state index contributed by atoms with van der Waals surface area (Å²) in [6.07, 6.45) is -2.15. The Labute approximate surface area is 443 Å². The largest absolute Gasteiger partial charge is 0.420 e. The number of esters is 1. The number of aliphatic hydroxyl groups excluding tert-OH is 2. The fourth-order valence-electron chi connectivity index (χ4n) is 8.40. The van der Waals surface area contributed by atoms with E-state index in [0.29, 0.717) is 121 Å². The SMILES string of the molecule is O=C(CCOCCOCCOCCOCCn1cc(COCCOCCOCCOCCC(=O)N2C[C@@H]3C[C@H]2CN3c2nc(Cl)nc3c2cnn3[C@@H]2O[C@H](COCP(=O)(O)O)[C@@H](O)[C@H]2O)nn1)Oc1c(F)cc(F)cc1F. The van der Waals surface area contributed by atoms with E-state index in [0.717, 1.165) is 6.42 Å². The van der Waals surface area contributed by atoms with E-state index < -0.39 is 67.7 Å². The molecule has 0 radical (unpaired) electrons. The predicted octanol–water partition coefficient (Wildman–Crippen LogP) is 0.768. The van der Waals surface area contributed by atoms with Crippen LogP contribution in [0.3, 0.4) is 0 Å². The van der Waals surface area contributed by atoms with Crippen LogP contribution in [0.5, 0.6) is 5.75 Å². The number of amides is 1. The number of carbonyl (C=O) groups is 2. The smallest absolute Gasteiger partial charge is 0.350 e. The summed E-state index contributed by atoms with van der Waals surface area (Å²) in [5.74, 6) is -5.17. The quantitative estimate of drug-likeness (QED) is 0.0161. The molecule has 3 saturated heterocycles. The Hall–Kier alpha value is -4.60. The maximum Gasteiger partial charge on any atom is 0.350 e. The number of carbonyl (C=O) groups excluding carboxylic acids is 2. The van der Waals surface area contributed by atoms with Crippen LogP contribution in [0.1, 0.15) is 31.2 Å². The molecule has 32 heteroatoms. The fraction of sp³-hybridized carbons (Fsp3) is 0.667. The van der Waals surface area contributed by atoms with Crippen molar-refractivity contribution in [3.63, 3.8) is 0 Å². The van der Waals surface area contributed by atoms with Crippen molar-refractivity contribution in [2.24, 2.45) is 0 Å². The van der Waals surface area contributed by atoms with Gasteiger partial charge in [-0.25, -0.2) is 22.5 Å². The number of halogens is 4. The lowest BCUT2D eigenvalue weighted by Crippen LogP contribution is -2.49. The molecule has 3 aliphatic rings. The Morgan fingerprint density at radius 2 is 1.35 bits per heavy atom. The standard InChI is InChI=1S/C45H62ClF3N9O18P/c46-45-51-42(33-22-50-58(43(33)52-45)44-40(62)39(61)36(75-44)27-74-28-77(63,64)65)57-25-31-21-32(57)24-56(31)37(59)1-4-66-7-10-69-15-16-72-17-18-73-26-30-23-55(54-53-30)3-6-68-9-12-71-14-13-70-11-8-67-5-2-38(60)76-41-34(48)19-29(47)20-35(41)49/h19-20,22-23,31-32,36,39-40,44,61-62H,1-18,21,24-28H2,(H2,63,64,65)/t31-,32-,36+,39+,40+,44+/m0/s1. The van der Waals surface area contributed by atoms with Gasteiger partial charge in [-0.2, -0.15) is 15.1 Å². The van der Waals surface area contributed by atoms with Crippen molar-refractivity contribution in [2.45, 2.75) is 69.0 Å². The topological polar surface area (TPSA) is 314 Å². The van der Waals surface area contributed by atoms with Gasteiger partial charge in [0, 0.05) is 25.2 Å². The average molecular weight is 1140 g/mol. The van der Waals surface area contributed by atoms with Crippen molar-refractivity contribution in [1.82, 2.24) is 39.6 Å². The summed E-state index contributed by atoms with van der Waals surface area (Å²) in [7, 11) is -4.45. The number of nitrogens with zero attached hydrogens (tertiary/aromatic N) is 9. The highest BCUT2D eigenvalue weighted by Gasteiger charge is 2.48. The zero-order chi connectivity index (χ0) is 54.7. The number of benzene rings is 1. The number of hydrogen-bond donors (Lipinski definition) is 4. The van der Waals surface area contributed by atoms with Crippen molar-refractivity contribution in [3.05, 3.63) is 53.0 Å². The molecule has 1 aromatic carbocycles. The number of fused-ring (bicyclic) bond motifs is 3. The molecule has 6 atom stereocenters. The third-order valence-corrected chi connectivity index (χ3v) is 12.7. The van der Waals surface area contributed by atoms with E-state index in [9.17, 15) is 37.5 Å². The molecule has 0 unspecified atom stereocenters. The Morgan fingerprint density at radius 3 is 1.96 bits per heavy atom. The number of ether oxygens (including phenoxy) is 11. The minimum Gasteiger partial charge on any atom is -0.420 e. The summed E-state index contributed by atoms with van der Waals surface area (Å²) in [5.41, 5.74) is 0.896. The highest BCUT2D eigenvalue weighted by molar-refractivity contribution is 7.51. The van der Waals surface area contributed by atoms with Gasteiger partial charge in [-0.05, 0) is 18.0 Å². The molecular weight excluding hydrogens is 1080 g/mol. The number of hydrogen-bond acceptors (Lipinski definition) is 22. The molecule has 6 heterocycles. The van der Waals surface area contributed by atoms with Crippen LogP contribution in [0.25, 0.3) is 11.0 Å². The molecule has 27 nitrogen and oxygen atoms in total. The first kappa shape index (κ1) is 60.0. The molecule has 4 N–H and O–H groups in total. The third kappa shape index (κ3) is 18.2. The molecule has 4 aromatic rings. The second-order valence-electron chi connectivity index (χ2n) is 17.6. The van der Waals surface area contributed by atoms with Crippen molar-refractivity contribution in [3.8, 4) is 5.75 Å². The lowest BCUT2D eigenvalue weighted by molar-refractivity contribution is -0.136. The van der Waals surface area contributed by atoms with Gasteiger partial charge >= 0.3 is 13.6 Å². The average Bonchev–Trinajstić information content (AvgIpc) is 4.29. The maximum absolute atomic E-state index is 13.6. The minimum absolute atomic E-state index is 0.0237. The molecule has 3 aromatic heterocycles. The zero-order valence-electron chi connectivity index (χ0n) is 41.7. The number of aromatic nitrogens is 7. The van der Waals surface area contributed by atoms with Crippen LogP contribution in [0, 0.1) is 17.5 Å². The number of likely N-dealkylation sites (tertiary alicyclic amines) is 1. The predicted molar refractivity (Wildman–Crippen MR) is 257 cm³/mol. The lowest BCUT2D eigenvalue weighted by Gasteiger charge is -2.35. The zero-order valence-corrected chi connectivity index (χ0v) is 43.4. The Balaban J connectivity index is 0.637. The van der Waals surface area contributed by atoms with Gasteiger partial charge in [-0.15, -0.1) is 5.10 Å². The van der Waals surface area contributed by atoms with Crippen LogP contribution in [-0.4, -0.2) is 227 Å². The normalized spacial score (nSPS) is 20.4. The number of anilines is 1. The van der Waals surface area contributed by atoms with Gasteiger partial charge in [0.1, 0.15) is 42.0 Å². The van der Waals surface area contributed by atoms with E-state index in [2.05, 4.69) is 35.0 Å². The summed E-state index contributed by atoms with van der Waals surface area (Å²) >= 11 is 6.37. The van der Waals surface area contributed by atoms with E-state index in [1.165, 1.54) is 10.9 Å². The highest BCUT2D eigenvalue weighted by atomic mass is 35.5. The number of aliphatic hydroxyl groups is 2. The van der Waals surface area contributed by atoms with Gasteiger partial charge < -0.3 is 81.9 Å². The Morgan fingerprint density at radius 1 is 0.753 bits per heavy atom. The van der Waals surface area contributed by atoms with Crippen LogP contribution >= 0.6 is 19.2 Å². The summed E-state index contributed by atoms with van der Waals surface area (Å²) in [6, 6.07) is 0.719. The van der Waals surface area contributed by atoms with E-state index in [4.69, 9.17) is 68.8 Å². The van der Waals surface area contributed by atoms with Crippen LogP contribution in [-0.2, 0) is 74.7 Å². The molecular formula is C45H62ClF3N9O18P.